The van der Waals surface area contributed by atoms with Crippen LogP contribution < -0.4 is 16.4 Å². The summed E-state index contributed by atoms with van der Waals surface area (Å²) < 4.78 is 5.67. The molecule has 1 saturated heterocycles. The second-order valence-electron chi connectivity index (χ2n) is 8.35. The summed E-state index contributed by atoms with van der Waals surface area (Å²) in [5.74, 6) is -2.10. The van der Waals surface area contributed by atoms with E-state index in [1.54, 1.807) is 0 Å². The zero-order valence-corrected chi connectivity index (χ0v) is 18.5. The van der Waals surface area contributed by atoms with E-state index in [-0.39, 0.29) is 31.4 Å². The number of nitrogens with zero attached hydrogens (tertiary/aromatic N) is 1. The number of carboxylic acid groups (broad SMARTS) is 1. The van der Waals surface area contributed by atoms with Crippen molar-refractivity contribution in [3.05, 3.63) is 59.7 Å². The smallest absolute Gasteiger partial charge is 0.410 e. The first-order chi connectivity index (χ1) is 16.4. The molecule has 2 atom stereocenters. The van der Waals surface area contributed by atoms with Gasteiger partial charge in [-0.05, 0) is 35.1 Å². The summed E-state index contributed by atoms with van der Waals surface area (Å²) in [6.45, 7) is 0.226. The van der Waals surface area contributed by atoms with Gasteiger partial charge in [0.05, 0.1) is 6.54 Å². The van der Waals surface area contributed by atoms with E-state index in [9.17, 15) is 19.5 Å². The monoisotopic (exact) mass is 465 g/mol. The van der Waals surface area contributed by atoms with Crippen LogP contribution in [0.25, 0.3) is 11.1 Å². The number of ether oxygens (including phenoxy) is 1. The molecule has 0 unspecified atom stereocenters. The molecular formula is C24H27N5O5. The van der Waals surface area contributed by atoms with Gasteiger partial charge in [0.2, 0.25) is 5.91 Å². The second kappa shape index (κ2) is 9.82. The number of amides is 2. The van der Waals surface area contributed by atoms with Gasteiger partial charge in [0, 0.05) is 12.5 Å². The van der Waals surface area contributed by atoms with Crippen LogP contribution in [0.4, 0.5) is 4.79 Å². The number of nitrogens with two attached hydrogens (primary N) is 1. The predicted molar refractivity (Wildman–Crippen MR) is 124 cm³/mol. The van der Waals surface area contributed by atoms with Crippen LogP contribution in [0, 0.1) is 5.41 Å². The summed E-state index contributed by atoms with van der Waals surface area (Å²) in [5, 5.41) is 21.7. The number of rotatable bonds is 7. The van der Waals surface area contributed by atoms with Crippen molar-refractivity contribution >= 4 is 23.9 Å². The number of hydrogen-bond acceptors (Lipinski definition) is 5. The molecule has 2 amide bonds. The molecule has 1 heterocycles. The molecule has 0 aromatic heterocycles. The van der Waals surface area contributed by atoms with Crippen LogP contribution in [0.2, 0.25) is 0 Å². The third-order valence-electron chi connectivity index (χ3n) is 6.21. The highest BCUT2D eigenvalue weighted by molar-refractivity contribution is 5.91. The normalized spacial score (nSPS) is 19.1. The van der Waals surface area contributed by atoms with Crippen molar-refractivity contribution in [2.45, 2.75) is 30.8 Å². The van der Waals surface area contributed by atoms with Gasteiger partial charge >= 0.3 is 12.1 Å². The Morgan fingerprint density at radius 2 is 1.76 bits per heavy atom. The molecule has 1 aliphatic heterocycles. The Morgan fingerprint density at radius 3 is 2.35 bits per heavy atom. The Balaban J connectivity index is 1.48. The van der Waals surface area contributed by atoms with Gasteiger partial charge in [-0.2, -0.15) is 0 Å². The molecule has 1 fully saturated rings. The highest BCUT2D eigenvalue weighted by atomic mass is 16.6. The van der Waals surface area contributed by atoms with Crippen LogP contribution >= 0.6 is 0 Å². The molecule has 4 rings (SSSR count). The topological polar surface area (TPSA) is 158 Å². The molecule has 10 heteroatoms. The van der Waals surface area contributed by atoms with Gasteiger partial charge in [0.1, 0.15) is 18.7 Å². The largest absolute Gasteiger partial charge is 0.480 e. The maximum Gasteiger partial charge on any atom is 0.410 e. The van der Waals surface area contributed by atoms with Crippen molar-refractivity contribution in [2.75, 3.05) is 19.7 Å². The van der Waals surface area contributed by atoms with Gasteiger partial charge in [0.15, 0.2) is 5.96 Å². The first-order valence-electron chi connectivity index (χ1n) is 11.1. The van der Waals surface area contributed by atoms with E-state index in [1.165, 1.54) is 4.90 Å². The van der Waals surface area contributed by atoms with E-state index in [0.29, 0.717) is 13.0 Å². The lowest BCUT2D eigenvalue weighted by atomic mass is 9.98. The molecule has 2 aliphatic rings. The van der Waals surface area contributed by atoms with Gasteiger partial charge in [-0.15, -0.1) is 0 Å². The van der Waals surface area contributed by atoms with E-state index in [0.717, 1.165) is 22.3 Å². The number of hydrogen-bond donors (Lipinski definition) is 5. The maximum absolute atomic E-state index is 13.1. The Labute approximate surface area is 196 Å². The number of fused-ring (bicyclic) bond motifs is 3. The van der Waals surface area contributed by atoms with Crippen LogP contribution in [-0.2, 0) is 14.3 Å². The average Bonchev–Trinajstić information content (AvgIpc) is 3.14. The molecule has 0 radical (unpaired) electrons. The Morgan fingerprint density at radius 1 is 1.15 bits per heavy atom. The van der Waals surface area contributed by atoms with E-state index in [2.05, 4.69) is 10.6 Å². The standard InChI is InChI=1S/C24H27N5O5/c25-23(26)27-11-5-10-20-21(30)28-19(22(31)32)12-29(20)24(33)34-13-18-16-8-3-1-6-14(16)15-7-2-4-9-17(15)18/h1-4,6-9,18-20H,5,10-13H2,(H,28,30)(H,31,32)(H4,25,26,27)/t19-,20+/m0/s1. The number of aliphatic carboxylic acids is 1. The van der Waals surface area contributed by atoms with E-state index < -0.39 is 30.1 Å². The van der Waals surface area contributed by atoms with Crippen molar-refractivity contribution in [2.24, 2.45) is 5.73 Å². The number of carbonyl (C=O) groups is 3. The van der Waals surface area contributed by atoms with E-state index in [4.69, 9.17) is 15.9 Å². The fourth-order valence-corrected chi connectivity index (χ4v) is 4.60. The van der Waals surface area contributed by atoms with Gasteiger partial charge < -0.3 is 26.2 Å². The number of carbonyl (C=O) groups excluding carboxylic acids is 2. The molecule has 34 heavy (non-hydrogen) atoms. The van der Waals surface area contributed by atoms with Gasteiger partial charge in [-0.25, -0.2) is 9.59 Å². The number of piperazine rings is 1. The Hall–Kier alpha value is -4.08. The van der Waals surface area contributed by atoms with E-state index >= 15 is 0 Å². The maximum atomic E-state index is 13.1. The van der Waals surface area contributed by atoms with Crippen LogP contribution in [0.5, 0.6) is 0 Å². The molecule has 2 aromatic carbocycles. The fraction of sp³-hybridized carbons (Fsp3) is 0.333. The number of benzene rings is 2. The first-order valence-corrected chi connectivity index (χ1v) is 11.1. The third kappa shape index (κ3) is 4.66. The Bertz CT molecular complexity index is 1070. The zero-order chi connectivity index (χ0) is 24.2. The van der Waals surface area contributed by atoms with Crippen LogP contribution in [0.15, 0.2) is 48.5 Å². The minimum absolute atomic E-state index is 0.0708. The lowest BCUT2D eigenvalue weighted by Gasteiger charge is -2.37. The fourth-order valence-electron chi connectivity index (χ4n) is 4.60. The summed E-state index contributed by atoms with van der Waals surface area (Å²) in [6.07, 6.45) is -0.0157. The second-order valence-corrected chi connectivity index (χ2v) is 8.35. The van der Waals surface area contributed by atoms with Crippen molar-refractivity contribution in [1.29, 1.82) is 5.41 Å². The van der Waals surface area contributed by atoms with Crippen molar-refractivity contribution < 1.29 is 24.2 Å². The minimum atomic E-state index is -1.22. The molecule has 1 aliphatic carbocycles. The zero-order valence-electron chi connectivity index (χ0n) is 18.5. The molecule has 10 nitrogen and oxygen atoms in total. The molecule has 0 spiro atoms. The molecule has 0 saturated carbocycles. The molecular weight excluding hydrogens is 438 g/mol. The average molecular weight is 466 g/mol. The minimum Gasteiger partial charge on any atom is -0.480 e. The third-order valence-corrected chi connectivity index (χ3v) is 6.21. The molecule has 2 aromatic rings. The lowest BCUT2D eigenvalue weighted by molar-refractivity contribution is -0.146. The first kappa shape index (κ1) is 23.1. The predicted octanol–water partition coefficient (Wildman–Crippen LogP) is 1.45. The van der Waals surface area contributed by atoms with Crippen molar-refractivity contribution in [3.8, 4) is 11.1 Å². The quantitative estimate of drug-likeness (QED) is 0.235. The summed E-state index contributed by atoms with van der Waals surface area (Å²) >= 11 is 0. The number of nitrogens with one attached hydrogen (secondary N) is 3. The van der Waals surface area contributed by atoms with Crippen molar-refractivity contribution in [1.82, 2.24) is 15.5 Å². The summed E-state index contributed by atoms with van der Waals surface area (Å²) in [4.78, 5) is 38.4. The highest BCUT2D eigenvalue weighted by Crippen LogP contribution is 2.44. The molecule has 178 valence electrons. The molecule has 0 bridgehead atoms. The van der Waals surface area contributed by atoms with Gasteiger partial charge in [0.25, 0.3) is 0 Å². The Kier molecular flexibility index (Phi) is 6.67. The van der Waals surface area contributed by atoms with E-state index in [1.807, 2.05) is 48.5 Å². The SMILES string of the molecule is N=C(N)NCCC[C@@H]1C(=O)N[C@H](C(=O)O)CN1C(=O)OCC1c2ccccc2-c2ccccc21. The number of carboxylic acids is 1. The van der Waals surface area contributed by atoms with Crippen LogP contribution in [0.1, 0.15) is 29.9 Å². The summed E-state index contributed by atoms with van der Waals surface area (Å²) in [5.41, 5.74) is 9.58. The van der Waals surface area contributed by atoms with Gasteiger partial charge in [-0.3, -0.25) is 15.1 Å². The number of guanidine groups is 1. The highest BCUT2D eigenvalue weighted by Gasteiger charge is 2.41. The van der Waals surface area contributed by atoms with Crippen molar-refractivity contribution in [3.63, 3.8) is 0 Å². The summed E-state index contributed by atoms with van der Waals surface area (Å²) in [7, 11) is 0. The van der Waals surface area contributed by atoms with Crippen LogP contribution in [0.3, 0.4) is 0 Å². The van der Waals surface area contributed by atoms with Gasteiger partial charge in [-0.1, -0.05) is 48.5 Å². The summed E-state index contributed by atoms with van der Waals surface area (Å²) in [6, 6.07) is 13.8. The van der Waals surface area contributed by atoms with Crippen LogP contribution in [-0.4, -0.2) is 65.7 Å². The lowest BCUT2D eigenvalue weighted by Crippen LogP contribution is -2.63. The molecule has 6 N–H and O–H groups in total.